The molecule has 0 N–H and O–H groups in total. The van der Waals surface area contributed by atoms with Gasteiger partial charge in [0, 0.05) is 0 Å². The number of nitrogens with zero attached hydrogens (tertiary/aromatic N) is 1. The molecule has 0 saturated heterocycles. The molecule has 116 valence electrons. The van der Waals surface area contributed by atoms with Crippen LogP contribution in [0.3, 0.4) is 0 Å². The van der Waals surface area contributed by atoms with Crippen molar-refractivity contribution in [2.75, 3.05) is 19.6 Å². The zero-order valence-electron chi connectivity index (χ0n) is 14.1. The van der Waals surface area contributed by atoms with Crippen molar-refractivity contribution in [3.05, 3.63) is 0 Å². The van der Waals surface area contributed by atoms with Gasteiger partial charge in [0.1, 0.15) is 0 Å². The van der Waals surface area contributed by atoms with Gasteiger partial charge in [0.2, 0.25) is 0 Å². The van der Waals surface area contributed by atoms with Gasteiger partial charge in [-0.15, -0.1) is 0 Å². The van der Waals surface area contributed by atoms with Crippen molar-refractivity contribution in [3.8, 4) is 0 Å². The average molecular weight is 270 g/mol. The molecule has 0 aliphatic heterocycles. The normalized spacial score (nSPS) is 11.4. The Morgan fingerprint density at radius 1 is 0.474 bits per heavy atom. The Hall–Kier alpha value is -0.0400. The second-order valence-corrected chi connectivity index (χ2v) is 5.97. The van der Waals surface area contributed by atoms with Gasteiger partial charge in [0.25, 0.3) is 0 Å². The first kappa shape index (κ1) is 19.0. The molecule has 0 atom stereocenters. The Morgan fingerprint density at radius 3 is 1.21 bits per heavy atom. The zero-order valence-corrected chi connectivity index (χ0v) is 14.1. The molecular formula is C18H39N. The second-order valence-electron chi connectivity index (χ2n) is 5.97. The highest BCUT2D eigenvalue weighted by molar-refractivity contribution is 4.57. The van der Waals surface area contributed by atoms with Gasteiger partial charge in [-0.3, -0.25) is 0 Å². The van der Waals surface area contributed by atoms with Crippen LogP contribution in [-0.4, -0.2) is 24.5 Å². The predicted molar refractivity (Wildman–Crippen MR) is 88.9 cm³/mol. The Kier molecular flexibility index (Phi) is 16.0. The van der Waals surface area contributed by atoms with Crippen LogP contribution >= 0.6 is 0 Å². The molecule has 0 rings (SSSR count). The number of rotatable bonds is 15. The van der Waals surface area contributed by atoms with E-state index >= 15 is 0 Å². The Labute approximate surface area is 123 Å². The van der Waals surface area contributed by atoms with Crippen LogP contribution in [0.15, 0.2) is 0 Å². The molecule has 19 heavy (non-hydrogen) atoms. The largest absolute Gasteiger partial charge is 0.304 e. The Balaban J connectivity index is 3.30. The summed E-state index contributed by atoms with van der Waals surface area (Å²) in [4.78, 5) is 2.65. The SMILES string of the molecule is CCCCCCCCN(CC)CCCCCCCC. The fraction of sp³-hybridized carbons (Fsp3) is 1.00. The van der Waals surface area contributed by atoms with Gasteiger partial charge in [0.15, 0.2) is 0 Å². The van der Waals surface area contributed by atoms with Crippen LogP contribution in [-0.2, 0) is 0 Å². The molecule has 0 bridgehead atoms. The summed E-state index contributed by atoms with van der Waals surface area (Å²) in [5.41, 5.74) is 0. The molecule has 0 aliphatic carbocycles. The molecule has 0 aliphatic rings. The molecular weight excluding hydrogens is 230 g/mol. The highest BCUT2D eigenvalue weighted by Gasteiger charge is 2.01. The van der Waals surface area contributed by atoms with Crippen molar-refractivity contribution in [1.29, 1.82) is 0 Å². The maximum atomic E-state index is 2.65. The Bertz CT molecular complexity index is 140. The molecule has 1 nitrogen and oxygen atoms in total. The summed E-state index contributed by atoms with van der Waals surface area (Å²) in [6, 6.07) is 0. The third kappa shape index (κ3) is 14.2. The summed E-state index contributed by atoms with van der Waals surface area (Å²) >= 11 is 0. The van der Waals surface area contributed by atoms with E-state index in [9.17, 15) is 0 Å². The molecule has 1 heteroatoms. The molecule has 0 saturated carbocycles. The molecule has 0 spiro atoms. The maximum Gasteiger partial charge on any atom is -0.00189 e. The van der Waals surface area contributed by atoms with Gasteiger partial charge in [-0.1, -0.05) is 85.0 Å². The Morgan fingerprint density at radius 2 is 0.842 bits per heavy atom. The lowest BCUT2D eigenvalue weighted by molar-refractivity contribution is 0.273. The smallest absolute Gasteiger partial charge is 0.00189 e. The molecule has 0 aromatic heterocycles. The first-order valence-electron chi connectivity index (χ1n) is 9.07. The quantitative estimate of drug-likeness (QED) is 0.328. The lowest BCUT2D eigenvalue weighted by atomic mass is 10.1. The summed E-state index contributed by atoms with van der Waals surface area (Å²) in [5, 5.41) is 0. The molecule has 0 aromatic rings. The molecule has 0 fully saturated rings. The van der Waals surface area contributed by atoms with Gasteiger partial charge in [-0.25, -0.2) is 0 Å². The van der Waals surface area contributed by atoms with E-state index < -0.39 is 0 Å². The van der Waals surface area contributed by atoms with Crippen LogP contribution in [0, 0.1) is 0 Å². The van der Waals surface area contributed by atoms with E-state index in [1.165, 1.54) is 96.7 Å². The van der Waals surface area contributed by atoms with E-state index in [-0.39, 0.29) is 0 Å². The minimum atomic E-state index is 1.24. The first-order valence-corrected chi connectivity index (χ1v) is 9.07. The van der Waals surface area contributed by atoms with Crippen LogP contribution in [0.4, 0.5) is 0 Å². The van der Waals surface area contributed by atoms with Crippen LogP contribution in [0.2, 0.25) is 0 Å². The van der Waals surface area contributed by atoms with Crippen molar-refractivity contribution in [2.45, 2.75) is 97.8 Å². The van der Waals surface area contributed by atoms with E-state index in [0.717, 1.165) is 0 Å². The van der Waals surface area contributed by atoms with Crippen molar-refractivity contribution < 1.29 is 0 Å². The van der Waals surface area contributed by atoms with Crippen LogP contribution < -0.4 is 0 Å². The summed E-state index contributed by atoms with van der Waals surface area (Å²) in [6.45, 7) is 10.8. The van der Waals surface area contributed by atoms with E-state index in [0.29, 0.717) is 0 Å². The van der Waals surface area contributed by atoms with Gasteiger partial charge in [0.05, 0.1) is 0 Å². The van der Waals surface area contributed by atoms with Gasteiger partial charge in [-0.05, 0) is 32.5 Å². The van der Waals surface area contributed by atoms with Gasteiger partial charge >= 0.3 is 0 Å². The van der Waals surface area contributed by atoms with Crippen LogP contribution in [0.1, 0.15) is 97.8 Å². The number of hydrogen-bond acceptors (Lipinski definition) is 1. The topological polar surface area (TPSA) is 3.24 Å². The van der Waals surface area contributed by atoms with E-state index in [1.807, 2.05) is 0 Å². The lowest BCUT2D eigenvalue weighted by Gasteiger charge is -2.20. The van der Waals surface area contributed by atoms with Crippen molar-refractivity contribution >= 4 is 0 Å². The van der Waals surface area contributed by atoms with E-state index in [4.69, 9.17) is 0 Å². The van der Waals surface area contributed by atoms with Crippen LogP contribution in [0.5, 0.6) is 0 Å². The number of hydrogen-bond donors (Lipinski definition) is 0. The highest BCUT2D eigenvalue weighted by atomic mass is 15.1. The van der Waals surface area contributed by atoms with Crippen molar-refractivity contribution in [3.63, 3.8) is 0 Å². The summed E-state index contributed by atoms with van der Waals surface area (Å²) in [7, 11) is 0. The summed E-state index contributed by atoms with van der Waals surface area (Å²) in [5.74, 6) is 0. The van der Waals surface area contributed by atoms with Crippen molar-refractivity contribution in [2.24, 2.45) is 0 Å². The molecule has 0 heterocycles. The molecule has 0 aromatic carbocycles. The molecule has 0 amide bonds. The fourth-order valence-electron chi connectivity index (χ4n) is 2.66. The maximum absolute atomic E-state index is 2.65. The summed E-state index contributed by atoms with van der Waals surface area (Å²) in [6.07, 6.45) is 17.1. The van der Waals surface area contributed by atoms with Gasteiger partial charge < -0.3 is 4.90 Å². The van der Waals surface area contributed by atoms with Crippen molar-refractivity contribution in [1.82, 2.24) is 4.90 Å². The van der Waals surface area contributed by atoms with E-state index in [1.54, 1.807) is 0 Å². The highest BCUT2D eigenvalue weighted by Crippen LogP contribution is 2.08. The minimum absolute atomic E-state index is 1.24. The second kappa shape index (κ2) is 16.0. The fourth-order valence-corrected chi connectivity index (χ4v) is 2.66. The monoisotopic (exact) mass is 269 g/mol. The first-order chi connectivity index (χ1) is 9.35. The third-order valence-electron chi connectivity index (χ3n) is 4.10. The predicted octanol–water partition coefficient (Wildman–Crippen LogP) is 6.03. The zero-order chi connectivity index (χ0) is 14.2. The van der Waals surface area contributed by atoms with E-state index in [2.05, 4.69) is 25.7 Å². The standard InChI is InChI=1S/C18H39N/c1-4-7-9-11-13-15-17-19(6-3)18-16-14-12-10-8-5-2/h4-18H2,1-3H3. The third-order valence-corrected chi connectivity index (χ3v) is 4.10. The lowest BCUT2D eigenvalue weighted by Crippen LogP contribution is -2.25. The number of unbranched alkanes of at least 4 members (excludes halogenated alkanes) is 10. The summed E-state index contributed by atoms with van der Waals surface area (Å²) < 4.78 is 0. The minimum Gasteiger partial charge on any atom is -0.304 e. The average Bonchev–Trinajstić information content (AvgIpc) is 2.44. The molecule has 0 radical (unpaired) electrons. The van der Waals surface area contributed by atoms with Crippen LogP contribution in [0.25, 0.3) is 0 Å². The molecule has 0 unspecified atom stereocenters. The van der Waals surface area contributed by atoms with Gasteiger partial charge in [-0.2, -0.15) is 0 Å².